The van der Waals surface area contributed by atoms with E-state index >= 15 is 0 Å². The maximum Gasteiger partial charge on any atom is 0.331 e. The maximum atomic E-state index is 11.5. The Balaban J connectivity index is 2.41. The quantitative estimate of drug-likeness (QED) is 0.610. The summed E-state index contributed by atoms with van der Waals surface area (Å²) in [7, 11) is 0. The topological polar surface area (TPSA) is 98.7 Å². The molecular formula is C13H16N2O4. The number of anilines is 1. The van der Waals surface area contributed by atoms with Gasteiger partial charge in [-0.2, -0.15) is 0 Å². The van der Waals surface area contributed by atoms with Crippen LogP contribution in [0.1, 0.15) is 12.0 Å². The maximum absolute atomic E-state index is 11.5. The first-order valence-corrected chi connectivity index (χ1v) is 5.65. The largest absolute Gasteiger partial charge is 0.508 e. The van der Waals surface area contributed by atoms with Crippen molar-refractivity contribution in [3.05, 3.63) is 35.9 Å². The number of amides is 2. The van der Waals surface area contributed by atoms with Crippen molar-refractivity contribution in [1.82, 2.24) is 5.32 Å². The molecule has 4 N–H and O–H groups in total. The molecule has 0 saturated heterocycles. The molecule has 0 aliphatic rings. The van der Waals surface area contributed by atoms with Crippen LogP contribution in [0.2, 0.25) is 0 Å². The Hall–Kier alpha value is -2.50. The van der Waals surface area contributed by atoms with Gasteiger partial charge in [0, 0.05) is 23.9 Å². The number of benzene rings is 1. The van der Waals surface area contributed by atoms with E-state index in [1.54, 1.807) is 19.1 Å². The lowest BCUT2D eigenvalue weighted by atomic mass is 10.2. The van der Waals surface area contributed by atoms with Crippen LogP contribution in [-0.4, -0.2) is 28.8 Å². The molecule has 0 radical (unpaired) electrons. The van der Waals surface area contributed by atoms with Crippen LogP contribution in [0.15, 0.2) is 30.4 Å². The van der Waals surface area contributed by atoms with Gasteiger partial charge in [-0.25, -0.2) is 9.59 Å². The van der Waals surface area contributed by atoms with Gasteiger partial charge in [0.25, 0.3) is 0 Å². The molecule has 0 heterocycles. The van der Waals surface area contributed by atoms with Gasteiger partial charge >= 0.3 is 12.0 Å². The van der Waals surface area contributed by atoms with E-state index in [1.807, 2.05) is 0 Å². The molecule has 0 aliphatic carbocycles. The number of phenols is 1. The first-order chi connectivity index (χ1) is 8.90. The molecule has 19 heavy (non-hydrogen) atoms. The molecule has 1 aromatic carbocycles. The fourth-order valence-electron chi connectivity index (χ4n) is 1.30. The lowest BCUT2D eigenvalue weighted by Crippen LogP contribution is -2.30. The first kappa shape index (κ1) is 14.6. The summed E-state index contributed by atoms with van der Waals surface area (Å²) < 4.78 is 0. The van der Waals surface area contributed by atoms with Gasteiger partial charge in [-0.15, -0.1) is 0 Å². The highest BCUT2D eigenvalue weighted by Gasteiger charge is 2.06. The highest BCUT2D eigenvalue weighted by molar-refractivity contribution is 5.90. The van der Waals surface area contributed by atoms with Crippen molar-refractivity contribution in [2.24, 2.45) is 0 Å². The summed E-state index contributed by atoms with van der Waals surface area (Å²) in [5.41, 5.74) is 1.20. The van der Waals surface area contributed by atoms with Crippen LogP contribution in [0, 0.1) is 6.92 Å². The summed E-state index contributed by atoms with van der Waals surface area (Å²) in [4.78, 5) is 22.0. The third kappa shape index (κ3) is 4.71. The van der Waals surface area contributed by atoms with E-state index < -0.39 is 12.0 Å². The number of aliphatic carboxylic acids is 1. The summed E-state index contributed by atoms with van der Waals surface area (Å²) in [6.07, 6.45) is 0.169. The van der Waals surface area contributed by atoms with E-state index in [4.69, 9.17) is 5.11 Å². The van der Waals surface area contributed by atoms with Crippen LogP contribution in [0.25, 0.3) is 0 Å². The number of hydrogen-bond donors (Lipinski definition) is 4. The molecule has 0 fully saturated rings. The van der Waals surface area contributed by atoms with Crippen LogP contribution in [0.5, 0.6) is 5.75 Å². The van der Waals surface area contributed by atoms with Crippen LogP contribution >= 0.6 is 0 Å². The van der Waals surface area contributed by atoms with Gasteiger partial charge in [0.05, 0.1) is 0 Å². The summed E-state index contributed by atoms with van der Waals surface area (Å²) in [6, 6.07) is 4.30. The number of nitrogens with one attached hydrogen (secondary N) is 2. The molecule has 0 atom stereocenters. The monoisotopic (exact) mass is 264 g/mol. The zero-order valence-corrected chi connectivity index (χ0v) is 10.6. The van der Waals surface area contributed by atoms with Crippen LogP contribution in [-0.2, 0) is 4.79 Å². The standard InChI is InChI=1S/C13H16N2O4/c1-8-3-4-10(7-11(8)16)15-13(19)14-6-5-9(2)12(17)18/h3-4,7,16H,2,5-6H2,1H3,(H,17,18)(H2,14,15,19). The lowest BCUT2D eigenvalue weighted by molar-refractivity contribution is -0.132. The molecule has 1 aromatic rings. The number of urea groups is 1. The van der Waals surface area contributed by atoms with Crippen LogP contribution in [0.3, 0.4) is 0 Å². The molecule has 0 aromatic heterocycles. The molecule has 1 rings (SSSR count). The second-order valence-corrected chi connectivity index (χ2v) is 4.04. The second-order valence-electron chi connectivity index (χ2n) is 4.04. The number of carboxylic acids is 1. The SMILES string of the molecule is C=C(CCNC(=O)Nc1ccc(C)c(O)c1)C(=O)O. The Morgan fingerprint density at radius 2 is 2.05 bits per heavy atom. The molecule has 0 bridgehead atoms. The molecule has 102 valence electrons. The van der Waals surface area contributed by atoms with Crippen molar-refractivity contribution >= 4 is 17.7 Å². The Morgan fingerprint density at radius 3 is 2.63 bits per heavy atom. The predicted molar refractivity (Wildman–Crippen MR) is 71.3 cm³/mol. The smallest absolute Gasteiger partial charge is 0.331 e. The minimum Gasteiger partial charge on any atom is -0.508 e. The first-order valence-electron chi connectivity index (χ1n) is 5.65. The molecule has 0 aliphatic heterocycles. The lowest BCUT2D eigenvalue weighted by Gasteiger charge is -2.08. The number of carbonyl (C=O) groups is 2. The fourth-order valence-corrected chi connectivity index (χ4v) is 1.30. The normalized spacial score (nSPS) is 9.74. The number of aromatic hydroxyl groups is 1. The zero-order valence-electron chi connectivity index (χ0n) is 10.6. The summed E-state index contributed by atoms with van der Waals surface area (Å²) in [5.74, 6) is -0.984. The van der Waals surface area contributed by atoms with Gasteiger partial charge < -0.3 is 20.8 Å². The van der Waals surface area contributed by atoms with Gasteiger partial charge in [-0.1, -0.05) is 12.6 Å². The Morgan fingerprint density at radius 1 is 1.37 bits per heavy atom. The molecule has 0 unspecified atom stereocenters. The fraction of sp³-hybridized carbons (Fsp3) is 0.231. The van der Waals surface area contributed by atoms with Gasteiger partial charge in [0.1, 0.15) is 5.75 Å². The van der Waals surface area contributed by atoms with E-state index in [0.29, 0.717) is 11.3 Å². The van der Waals surface area contributed by atoms with Gasteiger partial charge in [-0.3, -0.25) is 0 Å². The van der Waals surface area contributed by atoms with E-state index in [9.17, 15) is 14.7 Å². The molecule has 6 nitrogen and oxygen atoms in total. The summed E-state index contributed by atoms with van der Waals surface area (Å²) in [5, 5.41) is 23.1. The number of aryl methyl sites for hydroxylation is 1. The van der Waals surface area contributed by atoms with Crippen molar-refractivity contribution < 1.29 is 19.8 Å². The Labute approximate surface area is 110 Å². The zero-order chi connectivity index (χ0) is 14.4. The average molecular weight is 264 g/mol. The number of carbonyl (C=O) groups excluding carboxylic acids is 1. The van der Waals surface area contributed by atoms with Crippen molar-refractivity contribution in [3.63, 3.8) is 0 Å². The van der Waals surface area contributed by atoms with E-state index in [-0.39, 0.29) is 24.3 Å². The average Bonchev–Trinajstić information content (AvgIpc) is 2.33. The Bertz CT molecular complexity index is 511. The molecule has 0 spiro atoms. The van der Waals surface area contributed by atoms with Crippen LogP contribution in [0.4, 0.5) is 10.5 Å². The number of rotatable bonds is 5. The van der Waals surface area contributed by atoms with E-state index in [1.165, 1.54) is 6.07 Å². The van der Waals surface area contributed by atoms with Crippen molar-refractivity contribution in [1.29, 1.82) is 0 Å². The number of phenolic OH excluding ortho intramolecular Hbond substituents is 1. The molecule has 0 saturated carbocycles. The number of carboxylic acid groups (broad SMARTS) is 1. The van der Waals surface area contributed by atoms with Crippen molar-refractivity contribution in [3.8, 4) is 5.75 Å². The third-order valence-electron chi connectivity index (χ3n) is 2.48. The third-order valence-corrected chi connectivity index (χ3v) is 2.48. The highest BCUT2D eigenvalue weighted by atomic mass is 16.4. The summed E-state index contributed by atoms with van der Waals surface area (Å²) in [6.45, 7) is 5.27. The second kappa shape index (κ2) is 6.44. The predicted octanol–water partition coefficient (Wildman–Crippen LogP) is 1.85. The van der Waals surface area contributed by atoms with Gasteiger partial charge in [0.15, 0.2) is 0 Å². The number of hydrogen-bond acceptors (Lipinski definition) is 3. The minimum atomic E-state index is -1.08. The van der Waals surface area contributed by atoms with E-state index in [0.717, 1.165) is 0 Å². The van der Waals surface area contributed by atoms with Gasteiger partial charge in [-0.05, 0) is 25.0 Å². The highest BCUT2D eigenvalue weighted by Crippen LogP contribution is 2.20. The molecule has 2 amide bonds. The van der Waals surface area contributed by atoms with E-state index in [2.05, 4.69) is 17.2 Å². The molecule has 6 heteroatoms. The van der Waals surface area contributed by atoms with Gasteiger partial charge in [0.2, 0.25) is 0 Å². The molecular weight excluding hydrogens is 248 g/mol. The summed E-state index contributed by atoms with van der Waals surface area (Å²) >= 11 is 0. The van der Waals surface area contributed by atoms with Crippen LogP contribution < -0.4 is 10.6 Å². The van der Waals surface area contributed by atoms with Crippen molar-refractivity contribution in [2.75, 3.05) is 11.9 Å². The van der Waals surface area contributed by atoms with Crippen molar-refractivity contribution in [2.45, 2.75) is 13.3 Å². The minimum absolute atomic E-state index is 0.0354. The Kier molecular flexibility index (Phi) is 4.93.